The molecule has 6 heteroatoms. The summed E-state index contributed by atoms with van der Waals surface area (Å²) in [6.07, 6.45) is 4.86. The van der Waals surface area contributed by atoms with Gasteiger partial charge in [-0.25, -0.2) is 4.79 Å². The van der Waals surface area contributed by atoms with Gasteiger partial charge in [0.05, 0.1) is 0 Å². The van der Waals surface area contributed by atoms with Gasteiger partial charge >= 0.3 is 5.97 Å². The lowest BCUT2D eigenvalue weighted by Gasteiger charge is -2.32. The summed E-state index contributed by atoms with van der Waals surface area (Å²) in [5.41, 5.74) is 0. The van der Waals surface area contributed by atoms with Crippen LogP contribution in [0, 0.1) is 5.92 Å². The Bertz CT molecular complexity index is 364. The van der Waals surface area contributed by atoms with Gasteiger partial charge in [0.15, 0.2) is 0 Å². The first kappa shape index (κ1) is 16.5. The first-order chi connectivity index (χ1) is 9.43. The highest BCUT2D eigenvalue weighted by molar-refractivity contribution is 5.85. The number of nitrogens with zero attached hydrogens (tertiary/aromatic N) is 1. The Morgan fingerprint density at radius 2 is 1.85 bits per heavy atom. The average molecular weight is 284 g/mol. The van der Waals surface area contributed by atoms with Crippen molar-refractivity contribution < 1.29 is 19.5 Å². The van der Waals surface area contributed by atoms with Crippen LogP contribution in [0.4, 0.5) is 0 Å². The van der Waals surface area contributed by atoms with Crippen molar-refractivity contribution in [3.8, 4) is 0 Å². The zero-order valence-electron chi connectivity index (χ0n) is 12.2. The maximum atomic E-state index is 12.5. The Morgan fingerprint density at radius 3 is 2.35 bits per heavy atom. The molecule has 2 N–H and O–H groups in total. The summed E-state index contributed by atoms with van der Waals surface area (Å²) < 4.78 is 0. The van der Waals surface area contributed by atoms with Crippen LogP contribution in [0.15, 0.2) is 0 Å². The van der Waals surface area contributed by atoms with Gasteiger partial charge in [0.2, 0.25) is 11.8 Å². The Hall–Kier alpha value is -1.59. The lowest BCUT2D eigenvalue weighted by Crippen LogP contribution is -2.49. The van der Waals surface area contributed by atoms with E-state index in [4.69, 9.17) is 5.11 Å². The molecule has 114 valence electrons. The van der Waals surface area contributed by atoms with Gasteiger partial charge in [-0.2, -0.15) is 0 Å². The number of aliphatic carboxylic acids is 1. The number of amides is 2. The SMILES string of the molecule is CC(=O)NCCN(C(=O)C1CCCCC1)C(C)C(=O)O. The fourth-order valence-corrected chi connectivity index (χ4v) is 2.56. The minimum absolute atomic E-state index is 0.0668. The molecule has 1 aliphatic rings. The topological polar surface area (TPSA) is 86.7 Å². The molecule has 0 heterocycles. The molecular weight excluding hydrogens is 260 g/mol. The molecule has 0 aliphatic heterocycles. The van der Waals surface area contributed by atoms with Crippen molar-refractivity contribution >= 4 is 17.8 Å². The number of hydrogen-bond acceptors (Lipinski definition) is 3. The van der Waals surface area contributed by atoms with Crippen LogP contribution in [0.25, 0.3) is 0 Å². The minimum Gasteiger partial charge on any atom is -0.480 e. The molecule has 2 amide bonds. The largest absolute Gasteiger partial charge is 0.480 e. The van der Waals surface area contributed by atoms with Crippen molar-refractivity contribution in [1.82, 2.24) is 10.2 Å². The van der Waals surface area contributed by atoms with E-state index in [0.717, 1.165) is 32.1 Å². The molecule has 0 radical (unpaired) electrons. The third-order valence-electron chi connectivity index (χ3n) is 3.79. The third-order valence-corrected chi connectivity index (χ3v) is 3.79. The molecule has 6 nitrogen and oxygen atoms in total. The zero-order valence-corrected chi connectivity index (χ0v) is 12.2. The second kappa shape index (κ2) is 7.87. The molecule has 1 rings (SSSR count). The van der Waals surface area contributed by atoms with Crippen molar-refractivity contribution in [3.05, 3.63) is 0 Å². The smallest absolute Gasteiger partial charge is 0.326 e. The van der Waals surface area contributed by atoms with E-state index in [9.17, 15) is 14.4 Å². The fourth-order valence-electron chi connectivity index (χ4n) is 2.56. The van der Waals surface area contributed by atoms with Gasteiger partial charge in [-0.3, -0.25) is 9.59 Å². The standard InChI is InChI=1S/C14H24N2O4/c1-10(14(19)20)16(9-8-15-11(2)17)13(18)12-6-4-3-5-7-12/h10,12H,3-9H2,1-2H3,(H,15,17)(H,19,20). The first-order valence-corrected chi connectivity index (χ1v) is 7.21. The molecule has 1 aliphatic carbocycles. The number of carbonyl (C=O) groups excluding carboxylic acids is 2. The number of carbonyl (C=O) groups is 3. The number of nitrogens with one attached hydrogen (secondary N) is 1. The van der Waals surface area contributed by atoms with Gasteiger partial charge in [-0.1, -0.05) is 19.3 Å². The van der Waals surface area contributed by atoms with E-state index in [1.165, 1.54) is 18.7 Å². The van der Waals surface area contributed by atoms with Crippen LogP contribution < -0.4 is 5.32 Å². The van der Waals surface area contributed by atoms with Crippen LogP contribution in [0.5, 0.6) is 0 Å². The summed E-state index contributed by atoms with van der Waals surface area (Å²) in [4.78, 5) is 35.9. The van der Waals surface area contributed by atoms with Gasteiger partial charge in [-0.15, -0.1) is 0 Å². The minimum atomic E-state index is -1.02. The Labute approximate surface area is 119 Å². The first-order valence-electron chi connectivity index (χ1n) is 7.21. The van der Waals surface area contributed by atoms with Gasteiger partial charge in [0.25, 0.3) is 0 Å². The highest BCUT2D eigenvalue weighted by Crippen LogP contribution is 2.26. The summed E-state index contributed by atoms with van der Waals surface area (Å²) in [6.45, 7) is 3.43. The lowest BCUT2D eigenvalue weighted by molar-refractivity contribution is -0.151. The van der Waals surface area contributed by atoms with Gasteiger partial charge in [0.1, 0.15) is 6.04 Å². The molecular formula is C14H24N2O4. The van der Waals surface area contributed by atoms with E-state index in [2.05, 4.69) is 5.32 Å². The van der Waals surface area contributed by atoms with Crippen molar-refractivity contribution in [2.24, 2.45) is 5.92 Å². The van der Waals surface area contributed by atoms with E-state index in [0.29, 0.717) is 0 Å². The predicted molar refractivity (Wildman–Crippen MR) is 74.1 cm³/mol. The van der Waals surface area contributed by atoms with Crippen LogP contribution in [-0.4, -0.2) is 46.9 Å². The summed E-state index contributed by atoms with van der Waals surface area (Å²) in [5.74, 6) is -1.36. The molecule has 0 aromatic heterocycles. The molecule has 0 aromatic rings. The van der Waals surface area contributed by atoms with Crippen LogP contribution >= 0.6 is 0 Å². The fraction of sp³-hybridized carbons (Fsp3) is 0.786. The number of carboxylic acids is 1. The molecule has 0 aromatic carbocycles. The monoisotopic (exact) mass is 284 g/mol. The van der Waals surface area contributed by atoms with Gasteiger partial charge < -0.3 is 15.3 Å². The molecule has 0 bridgehead atoms. The molecule has 1 saturated carbocycles. The maximum Gasteiger partial charge on any atom is 0.326 e. The van der Waals surface area contributed by atoms with Gasteiger partial charge in [-0.05, 0) is 19.8 Å². The maximum absolute atomic E-state index is 12.5. The molecule has 1 unspecified atom stereocenters. The Balaban J connectivity index is 2.66. The average Bonchev–Trinajstić information content (AvgIpc) is 2.43. The number of rotatable bonds is 6. The van der Waals surface area contributed by atoms with Crippen molar-refractivity contribution in [1.29, 1.82) is 0 Å². The van der Waals surface area contributed by atoms with E-state index in [1.54, 1.807) is 0 Å². The van der Waals surface area contributed by atoms with Crippen molar-refractivity contribution in [2.45, 2.75) is 52.0 Å². The van der Waals surface area contributed by atoms with Crippen molar-refractivity contribution in [3.63, 3.8) is 0 Å². The predicted octanol–water partition coefficient (Wildman–Crippen LogP) is 1.00. The second-order valence-electron chi connectivity index (χ2n) is 5.36. The van der Waals surface area contributed by atoms with Crippen LogP contribution in [-0.2, 0) is 14.4 Å². The normalized spacial score (nSPS) is 17.3. The van der Waals surface area contributed by atoms with E-state index >= 15 is 0 Å². The van der Waals surface area contributed by atoms with E-state index in [1.807, 2.05) is 0 Å². The van der Waals surface area contributed by atoms with E-state index < -0.39 is 12.0 Å². The van der Waals surface area contributed by atoms with Crippen LogP contribution in [0.3, 0.4) is 0 Å². The summed E-state index contributed by atoms with van der Waals surface area (Å²) in [7, 11) is 0. The third kappa shape index (κ3) is 4.83. The number of hydrogen-bond donors (Lipinski definition) is 2. The van der Waals surface area contributed by atoms with Crippen molar-refractivity contribution in [2.75, 3.05) is 13.1 Å². The molecule has 1 atom stereocenters. The van der Waals surface area contributed by atoms with Gasteiger partial charge in [0, 0.05) is 25.9 Å². The summed E-state index contributed by atoms with van der Waals surface area (Å²) in [6, 6.07) is -0.863. The van der Waals surface area contributed by atoms with Crippen LogP contribution in [0.1, 0.15) is 46.0 Å². The quantitative estimate of drug-likeness (QED) is 0.762. The zero-order chi connectivity index (χ0) is 15.1. The molecule has 20 heavy (non-hydrogen) atoms. The second-order valence-corrected chi connectivity index (χ2v) is 5.36. The highest BCUT2D eigenvalue weighted by atomic mass is 16.4. The Kier molecular flexibility index (Phi) is 6.48. The van der Waals surface area contributed by atoms with E-state index in [-0.39, 0.29) is 30.8 Å². The summed E-state index contributed by atoms with van der Waals surface area (Å²) >= 11 is 0. The molecule has 0 spiro atoms. The lowest BCUT2D eigenvalue weighted by atomic mass is 9.88. The molecule has 0 saturated heterocycles. The number of carboxylic acid groups (broad SMARTS) is 1. The highest BCUT2D eigenvalue weighted by Gasteiger charge is 2.31. The van der Waals surface area contributed by atoms with Crippen LogP contribution in [0.2, 0.25) is 0 Å². The summed E-state index contributed by atoms with van der Waals surface area (Å²) in [5, 5.41) is 11.7. The Morgan fingerprint density at radius 1 is 1.25 bits per heavy atom. The molecule has 1 fully saturated rings.